The summed E-state index contributed by atoms with van der Waals surface area (Å²) < 4.78 is 17.0. The fraction of sp³-hybridized carbons (Fsp3) is 0.463. The van der Waals surface area contributed by atoms with Crippen molar-refractivity contribution in [3.8, 4) is 6.07 Å². The van der Waals surface area contributed by atoms with Gasteiger partial charge in [-0.3, -0.25) is 19.7 Å². The number of rotatable bonds is 7. The zero-order valence-electron chi connectivity index (χ0n) is 31.6. The second kappa shape index (κ2) is 14.9. The number of halogens is 1. The van der Waals surface area contributed by atoms with Crippen molar-refractivity contribution < 1.29 is 14.0 Å². The van der Waals surface area contributed by atoms with Crippen LogP contribution in [0.25, 0.3) is 10.9 Å². The Kier molecular flexibility index (Phi) is 9.89. The first-order valence-corrected chi connectivity index (χ1v) is 19.3. The number of aryl methyl sites for hydroxylation is 2. The quantitative estimate of drug-likeness (QED) is 0.257. The molecule has 3 fully saturated rings. The Morgan fingerprint density at radius 3 is 2.44 bits per heavy atom. The molecule has 7 heterocycles. The summed E-state index contributed by atoms with van der Waals surface area (Å²) in [4.78, 5) is 55.5. The number of anilines is 5. The predicted molar refractivity (Wildman–Crippen MR) is 210 cm³/mol. The van der Waals surface area contributed by atoms with Crippen molar-refractivity contribution in [3.05, 3.63) is 75.6 Å². The Hall–Kier alpha value is -5.55. The molecular weight excluding hydrogens is 700 g/mol. The van der Waals surface area contributed by atoms with Crippen molar-refractivity contribution in [2.75, 3.05) is 72.9 Å². The van der Waals surface area contributed by atoms with Gasteiger partial charge in [0.05, 0.1) is 40.4 Å². The second-order valence-electron chi connectivity index (χ2n) is 15.6. The first-order chi connectivity index (χ1) is 26.6. The minimum Gasteiger partial charge on any atom is -0.372 e. The summed E-state index contributed by atoms with van der Waals surface area (Å²) >= 11 is 0. The molecule has 0 spiro atoms. The highest BCUT2D eigenvalue weighted by Gasteiger charge is 2.31. The Morgan fingerprint density at radius 1 is 0.927 bits per heavy atom. The SMILES string of the molecule is Cc1cc2c(N3CCN(C)c4ccc(C#N)cc43)nc(C3CCN(CC4CCN(c5ncc(NC6CCC(=O)NC6=O)cc5F)CC4)CC3)cc2n(C)c1=O. The number of hydrogen-bond acceptors (Lipinski definition) is 11. The minimum absolute atomic E-state index is 0.0145. The standard InChI is InChI=1S/C41H47FN10O3/c1-25-18-30-35(49(3)41(25)55)21-33(46-38(30)52-17-16-48(2)34-6-4-27(22-43)19-36(34)52)28-10-12-50(13-11-28)24-26-8-14-51(15-9-26)39-31(42)20-29(23-44-39)45-32-5-7-37(53)47-40(32)54/h4,6,18-21,23,26,28,32,45H,5,7-17,24H2,1-3H3,(H,47,53,54). The summed E-state index contributed by atoms with van der Waals surface area (Å²) in [7, 11) is 3.91. The van der Waals surface area contributed by atoms with Gasteiger partial charge >= 0.3 is 0 Å². The van der Waals surface area contributed by atoms with Crippen molar-refractivity contribution >= 4 is 51.4 Å². The van der Waals surface area contributed by atoms with Crippen LogP contribution in [0.2, 0.25) is 0 Å². The van der Waals surface area contributed by atoms with Crippen LogP contribution in [-0.4, -0.2) is 90.2 Å². The number of likely N-dealkylation sites (tertiary alicyclic amines) is 1. The van der Waals surface area contributed by atoms with E-state index in [0.717, 1.165) is 98.7 Å². The van der Waals surface area contributed by atoms with Gasteiger partial charge in [0, 0.05) is 81.9 Å². The molecule has 4 aliphatic rings. The Labute approximate surface area is 319 Å². The van der Waals surface area contributed by atoms with E-state index in [1.807, 2.05) is 43.1 Å². The van der Waals surface area contributed by atoms with Crippen molar-refractivity contribution in [1.29, 1.82) is 5.26 Å². The number of pyridine rings is 3. The molecule has 2 amide bonds. The molecule has 8 rings (SSSR count). The molecular formula is C41H47FN10O3. The Bertz CT molecular complexity index is 2250. The maximum absolute atomic E-state index is 15.2. The lowest BCUT2D eigenvalue weighted by molar-refractivity contribution is -0.133. The van der Waals surface area contributed by atoms with E-state index >= 15 is 4.39 Å². The average Bonchev–Trinajstić information content (AvgIpc) is 3.19. The zero-order valence-corrected chi connectivity index (χ0v) is 31.6. The highest BCUT2D eigenvalue weighted by atomic mass is 19.1. The van der Waals surface area contributed by atoms with Crippen molar-refractivity contribution in [3.63, 3.8) is 0 Å². The number of fused-ring (bicyclic) bond motifs is 2. The fourth-order valence-electron chi connectivity index (χ4n) is 8.75. The maximum Gasteiger partial charge on any atom is 0.253 e. The summed E-state index contributed by atoms with van der Waals surface area (Å²) in [6.45, 7) is 7.70. The number of amides is 2. The minimum atomic E-state index is -0.591. The number of piperidine rings is 3. The van der Waals surface area contributed by atoms with Gasteiger partial charge in [-0.2, -0.15) is 5.26 Å². The molecule has 0 bridgehead atoms. The summed E-state index contributed by atoms with van der Waals surface area (Å²) in [6, 6.07) is 13.0. The van der Waals surface area contributed by atoms with Crippen LogP contribution in [0.1, 0.15) is 61.3 Å². The molecule has 13 nitrogen and oxygen atoms in total. The van der Waals surface area contributed by atoms with Crippen molar-refractivity contribution in [1.82, 2.24) is 24.8 Å². The highest BCUT2D eigenvalue weighted by molar-refractivity contribution is 6.01. The lowest BCUT2D eigenvalue weighted by atomic mass is 9.90. The van der Waals surface area contributed by atoms with Gasteiger partial charge in [-0.05, 0) is 88.4 Å². The van der Waals surface area contributed by atoms with E-state index in [1.54, 1.807) is 10.8 Å². The molecule has 0 aliphatic carbocycles. The molecule has 14 heteroatoms. The Balaban J connectivity index is 0.924. The molecule has 3 aromatic heterocycles. The number of benzene rings is 1. The molecule has 1 aromatic carbocycles. The van der Waals surface area contributed by atoms with E-state index in [9.17, 15) is 19.6 Å². The summed E-state index contributed by atoms with van der Waals surface area (Å²) in [5, 5.41) is 16.0. The first-order valence-electron chi connectivity index (χ1n) is 19.3. The molecule has 1 atom stereocenters. The van der Waals surface area contributed by atoms with Crippen LogP contribution in [-0.2, 0) is 16.6 Å². The van der Waals surface area contributed by atoms with Crippen LogP contribution in [0.3, 0.4) is 0 Å². The number of nitriles is 1. The topological polar surface area (TPSA) is 143 Å². The van der Waals surface area contributed by atoms with Gasteiger partial charge in [-0.25, -0.2) is 14.4 Å². The highest BCUT2D eigenvalue weighted by Crippen LogP contribution is 2.41. The third kappa shape index (κ3) is 7.21. The summed E-state index contributed by atoms with van der Waals surface area (Å²) in [6.07, 6.45) is 5.97. The number of imide groups is 1. The van der Waals surface area contributed by atoms with Crippen molar-refractivity contribution in [2.45, 2.75) is 57.4 Å². The normalized spacial score (nSPS) is 20.1. The van der Waals surface area contributed by atoms with E-state index in [2.05, 4.69) is 49.5 Å². The number of hydrogen-bond donors (Lipinski definition) is 2. The van der Waals surface area contributed by atoms with E-state index in [1.165, 1.54) is 6.07 Å². The van der Waals surface area contributed by atoms with Crippen LogP contribution in [0, 0.1) is 30.0 Å². The average molecular weight is 747 g/mol. The zero-order chi connectivity index (χ0) is 38.4. The van der Waals surface area contributed by atoms with Gasteiger partial charge in [0.1, 0.15) is 11.9 Å². The van der Waals surface area contributed by atoms with E-state index in [4.69, 9.17) is 4.98 Å². The van der Waals surface area contributed by atoms with E-state index in [0.29, 0.717) is 41.5 Å². The third-order valence-corrected chi connectivity index (χ3v) is 12.0. The van der Waals surface area contributed by atoms with Crippen LogP contribution in [0.5, 0.6) is 0 Å². The van der Waals surface area contributed by atoms with Crippen LogP contribution >= 0.6 is 0 Å². The number of carbonyl (C=O) groups excluding carboxylic acids is 2. The second-order valence-corrected chi connectivity index (χ2v) is 15.6. The molecule has 0 saturated carbocycles. The van der Waals surface area contributed by atoms with Crippen molar-refractivity contribution in [2.24, 2.45) is 13.0 Å². The number of aromatic nitrogens is 3. The van der Waals surface area contributed by atoms with Gasteiger partial charge < -0.3 is 29.5 Å². The number of carbonyl (C=O) groups is 2. The lowest BCUT2D eigenvalue weighted by Crippen LogP contribution is -2.47. The molecule has 1 unspecified atom stereocenters. The molecule has 0 radical (unpaired) electrons. The summed E-state index contributed by atoms with van der Waals surface area (Å²) in [5.74, 6) is 0.782. The van der Waals surface area contributed by atoms with Gasteiger partial charge in [0.15, 0.2) is 11.6 Å². The molecule has 55 heavy (non-hydrogen) atoms. The Morgan fingerprint density at radius 2 is 1.71 bits per heavy atom. The van der Waals surface area contributed by atoms with E-state index in [-0.39, 0.29) is 23.8 Å². The van der Waals surface area contributed by atoms with Crippen LogP contribution in [0.15, 0.2) is 47.4 Å². The molecule has 2 N–H and O–H groups in total. The smallest absolute Gasteiger partial charge is 0.253 e. The molecule has 4 aromatic rings. The number of nitrogens with zero attached hydrogens (tertiary/aromatic N) is 8. The van der Waals surface area contributed by atoms with Gasteiger partial charge in [0.2, 0.25) is 11.8 Å². The van der Waals surface area contributed by atoms with Gasteiger partial charge in [-0.15, -0.1) is 0 Å². The first kappa shape index (κ1) is 36.4. The number of nitrogens with one attached hydrogen (secondary N) is 2. The van der Waals surface area contributed by atoms with Crippen LogP contribution < -0.4 is 30.9 Å². The molecule has 286 valence electrons. The molecule has 4 aliphatic heterocycles. The maximum atomic E-state index is 15.2. The third-order valence-electron chi connectivity index (χ3n) is 12.0. The van der Waals surface area contributed by atoms with E-state index < -0.39 is 17.8 Å². The monoisotopic (exact) mass is 746 g/mol. The molecule has 3 saturated heterocycles. The predicted octanol–water partition coefficient (Wildman–Crippen LogP) is 4.55. The van der Waals surface area contributed by atoms with Gasteiger partial charge in [0.25, 0.3) is 5.56 Å². The number of likely N-dealkylation sites (N-methyl/N-ethyl adjacent to an activating group) is 1. The van der Waals surface area contributed by atoms with Crippen LogP contribution in [0.4, 0.5) is 33.1 Å². The lowest BCUT2D eigenvalue weighted by Gasteiger charge is -2.39. The largest absolute Gasteiger partial charge is 0.372 e. The summed E-state index contributed by atoms with van der Waals surface area (Å²) in [5.41, 5.74) is 5.53. The van der Waals surface area contributed by atoms with Gasteiger partial charge in [-0.1, -0.05) is 0 Å². The fourth-order valence-corrected chi connectivity index (χ4v) is 8.75.